The Hall–Kier alpha value is -3.42. The number of aliphatic hydroxyl groups is 1. The molecule has 0 unspecified atom stereocenters. The van der Waals surface area contributed by atoms with E-state index in [1.807, 2.05) is 48.7 Å². The topological polar surface area (TPSA) is 91.3 Å². The second kappa shape index (κ2) is 8.11. The van der Waals surface area contributed by atoms with Crippen LogP contribution < -0.4 is 4.74 Å². The first kappa shape index (κ1) is 21.1. The van der Waals surface area contributed by atoms with Gasteiger partial charge < -0.3 is 19.7 Å². The number of benzene rings is 1. The van der Waals surface area contributed by atoms with Gasteiger partial charge in [-0.3, -0.25) is 9.78 Å². The van der Waals surface area contributed by atoms with Gasteiger partial charge in [0.15, 0.2) is 6.10 Å². The minimum atomic E-state index is -1.01. The molecule has 6 rings (SSSR count). The number of aromatic amines is 1. The molecule has 4 aromatic rings. The highest BCUT2D eigenvalue weighted by atomic mass is 35.5. The van der Waals surface area contributed by atoms with Gasteiger partial charge in [-0.25, -0.2) is 4.98 Å². The standard InChI is InChI=1S/C26H23ClN4O3/c27-17-13-16-14-21(25(32)31-11-6-26(33,7-12-31)22-3-1-2-8-28-22)34-23(16)20(15-17)18-4-9-29-24-19(18)5-10-30-24/h1-5,8-10,13,15,21,33H,6-7,11-12,14H2,(H,29,30)/t21-/m1/s1. The number of halogens is 1. The lowest BCUT2D eigenvalue weighted by molar-refractivity contribution is -0.142. The van der Waals surface area contributed by atoms with Gasteiger partial charge in [0.1, 0.15) is 17.0 Å². The number of nitrogens with one attached hydrogen (secondary N) is 1. The maximum atomic E-state index is 13.4. The van der Waals surface area contributed by atoms with E-state index in [4.69, 9.17) is 16.3 Å². The maximum absolute atomic E-state index is 13.4. The molecule has 0 aliphatic carbocycles. The number of fused-ring (bicyclic) bond motifs is 2. The zero-order valence-corrected chi connectivity index (χ0v) is 19.1. The van der Waals surface area contributed by atoms with Gasteiger partial charge in [-0.1, -0.05) is 17.7 Å². The van der Waals surface area contributed by atoms with E-state index in [0.29, 0.717) is 48.8 Å². The van der Waals surface area contributed by atoms with Crippen LogP contribution in [0.5, 0.6) is 5.75 Å². The Kier molecular flexibility index (Phi) is 5.04. The van der Waals surface area contributed by atoms with Crippen molar-refractivity contribution in [3.8, 4) is 16.9 Å². The summed E-state index contributed by atoms with van der Waals surface area (Å²) in [5, 5.41) is 12.6. The van der Waals surface area contributed by atoms with Gasteiger partial charge in [0.05, 0.1) is 5.69 Å². The first-order valence-corrected chi connectivity index (χ1v) is 11.7. The smallest absolute Gasteiger partial charge is 0.263 e. The average molecular weight is 475 g/mol. The summed E-state index contributed by atoms with van der Waals surface area (Å²) in [6, 6.07) is 13.2. The minimum Gasteiger partial charge on any atom is -0.479 e. The van der Waals surface area contributed by atoms with Crippen LogP contribution in [0.1, 0.15) is 24.1 Å². The number of amides is 1. The van der Waals surface area contributed by atoms with Crippen molar-refractivity contribution in [3.63, 3.8) is 0 Å². The number of H-pyrrole nitrogens is 1. The molecule has 0 spiro atoms. The predicted octanol–water partition coefficient (Wildman–Crippen LogP) is 4.09. The van der Waals surface area contributed by atoms with Gasteiger partial charge in [-0.2, -0.15) is 0 Å². The Morgan fingerprint density at radius 2 is 1.97 bits per heavy atom. The molecule has 7 nitrogen and oxygen atoms in total. The van der Waals surface area contributed by atoms with Crippen molar-refractivity contribution in [1.82, 2.24) is 19.9 Å². The molecule has 1 amide bonds. The molecule has 2 N–H and O–H groups in total. The molecule has 2 aliphatic heterocycles. The second-order valence-electron chi connectivity index (χ2n) is 8.92. The number of rotatable bonds is 3. The van der Waals surface area contributed by atoms with Crippen molar-refractivity contribution in [1.29, 1.82) is 0 Å². The van der Waals surface area contributed by atoms with Gasteiger partial charge in [0.25, 0.3) is 5.91 Å². The summed E-state index contributed by atoms with van der Waals surface area (Å²) in [5.41, 5.74) is 3.15. The quantitative estimate of drug-likeness (QED) is 0.466. The average Bonchev–Trinajstić information content (AvgIpc) is 3.51. The molecular weight excluding hydrogens is 452 g/mol. The lowest BCUT2D eigenvalue weighted by Gasteiger charge is -2.38. The number of nitrogens with zero attached hydrogens (tertiary/aromatic N) is 3. The third-order valence-corrected chi connectivity index (χ3v) is 7.08. The number of carbonyl (C=O) groups is 1. The molecule has 3 aromatic heterocycles. The zero-order chi connectivity index (χ0) is 23.3. The first-order chi connectivity index (χ1) is 16.5. The van der Waals surface area contributed by atoms with Crippen molar-refractivity contribution in [3.05, 3.63) is 77.3 Å². The van der Waals surface area contributed by atoms with E-state index in [1.54, 1.807) is 17.3 Å². The minimum absolute atomic E-state index is 0.0668. The third-order valence-electron chi connectivity index (χ3n) is 6.87. The molecule has 8 heteroatoms. The Labute approximate surface area is 201 Å². The van der Waals surface area contributed by atoms with Gasteiger partial charge in [-0.15, -0.1) is 0 Å². The molecule has 1 saturated heterocycles. The number of pyridine rings is 2. The second-order valence-corrected chi connectivity index (χ2v) is 9.36. The number of carbonyl (C=O) groups excluding carboxylic acids is 1. The molecule has 0 radical (unpaired) electrons. The van der Waals surface area contributed by atoms with E-state index in [2.05, 4.69) is 15.0 Å². The fourth-order valence-electron chi connectivity index (χ4n) is 5.05. The van der Waals surface area contributed by atoms with Crippen molar-refractivity contribution in [2.75, 3.05) is 13.1 Å². The molecule has 1 fully saturated rings. The van der Waals surface area contributed by atoms with E-state index < -0.39 is 11.7 Å². The summed E-state index contributed by atoms with van der Waals surface area (Å²) in [7, 11) is 0. The van der Waals surface area contributed by atoms with Gasteiger partial charge in [0.2, 0.25) is 0 Å². The predicted molar refractivity (Wildman–Crippen MR) is 129 cm³/mol. The van der Waals surface area contributed by atoms with Crippen molar-refractivity contribution >= 4 is 28.5 Å². The number of piperidine rings is 1. The molecule has 5 heterocycles. The Balaban J connectivity index is 1.23. The van der Waals surface area contributed by atoms with Crippen LogP contribution in [0, 0.1) is 0 Å². The van der Waals surface area contributed by atoms with E-state index in [1.165, 1.54) is 0 Å². The molecule has 0 saturated carbocycles. The van der Waals surface area contributed by atoms with E-state index in [9.17, 15) is 9.90 Å². The van der Waals surface area contributed by atoms with Crippen molar-refractivity contribution in [2.24, 2.45) is 0 Å². The fraction of sp³-hybridized carbons (Fsp3) is 0.269. The lowest BCUT2D eigenvalue weighted by Crippen LogP contribution is -2.49. The molecule has 34 heavy (non-hydrogen) atoms. The zero-order valence-electron chi connectivity index (χ0n) is 18.4. The van der Waals surface area contributed by atoms with E-state index >= 15 is 0 Å². The molecule has 0 bridgehead atoms. The number of ether oxygens (including phenoxy) is 1. The fourth-order valence-corrected chi connectivity index (χ4v) is 5.29. The summed E-state index contributed by atoms with van der Waals surface area (Å²) >= 11 is 6.46. The molecule has 1 aromatic carbocycles. The molecule has 172 valence electrons. The van der Waals surface area contributed by atoms with Gasteiger partial charge in [-0.05, 0) is 54.8 Å². The Bertz CT molecular complexity index is 1380. The summed E-state index contributed by atoms with van der Waals surface area (Å²) in [6.45, 7) is 0.897. The lowest BCUT2D eigenvalue weighted by atomic mass is 9.87. The Morgan fingerprint density at radius 3 is 2.76 bits per heavy atom. The SMILES string of the molecule is O=C([C@H]1Cc2cc(Cl)cc(-c3ccnc4[nH]ccc34)c2O1)N1CCC(O)(c2ccccn2)CC1. The van der Waals surface area contributed by atoms with Crippen LogP contribution in [-0.2, 0) is 16.8 Å². The largest absolute Gasteiger partial charge is 0.479 e. The third kappa shape index (κ3) is 3.52. The number of hydrogen-bond donors (Lipinski definition) is 2. The van der Waals surface area contributed by atoms with Gasteiger partial charge in [0, 0.05) is 59.6 Å². The van der Waals surface area contributed by atoms with E-state index in [0.717, 1.165) is 27.7 Å². The van der Waals surface area contributed by atoms with Crippen molar-refractivity contribution in [2.45, 2.75) is 31.0 Å². The highest BCUT2D eigenvalue weighted by Crippen LogP contribution is 2.43. The molecule has 1 atom stereocenters. The maximum Gasteiger partial charge on any atom is 0.263 e. The van der Waals surface area contributed by atoms with Crippen molar-refractivity contribution < 1.29 is 14.6 Å². The van der Waals surface area contributed by atoms with Crippen LogP contribution in [0.4, 0.5) is 0 Å². The number of hydrogen-bond acceptors (Lipinski definition) is 5. The number of likely N-dealkylation sites (tertiary alicyclic amines) is 1. The van der Waals surface area contributed by atoms with Crippen LogP contribution in [-0.4, -0.2) is 50.1 Å². The molecular formula is C26H23ClN4O3. The van der Waals surface area contributed by atoms with Crippen LogP contribution in [0.25, 0.3) is 22.2 Å². The number of aromatic nitrogens is 3. The summed E-state index contributed by atoms with van der Waals surface area (Å²) in [6.07, 6.45) is 6.00. The summed E-state index contributed by atoms with van der Waals surface area (Å²) < 4.78 is 6.27. The van der Waals surface area contributed by atoms with Gasteiger partial charge >= 0.3 is 0 Å². The monoisotopic (exact) mass is 474 g/mol. The first-order valence-electron chi connectivity index (χ1n) is 11.4. The normalized spacial score (nSPS) is 19.1. The Morgan fingerprint density at radius 1 is 1.12 bits per heavy atom. The highest BCUT2D eigenvalue weighted by Gasteiger charge is 2.40. The summed E-state index contributed by atoms with van der Waals surface area (Å²) in [4.78, 5) is 27.0. The highest BCUT2D eigenvalue weighted by molar-refractivity contribution is 6.31. The van der Waals surface area contributed by atoms with Crippen LogP contribution in [0.15, 0.2) is 61.1 Å². The van der Waals surface area contributed by atoms with Crippen LogP contribution >= 0.6 is 11.6 Å². The summed E-state index contributed by atoms with van der Waals surface area (Å²) in [5.74, 6) is 0.626. The van der Waals surface area contributed by atoms with Crippen LogP contribution in [0.2, 0.25) is 5.02 Å². The van der Waals surface area contributed by atoms with Crippen LogP contribution in [0.3, 0.4) is 0 Å². The molecule has 2 aliphatic rings. The van der Waals surface area contributed by atoms with E-state index in [-0.39, 0.29) is 5.91 Å².